The smallest absolute Gasteiger partial charge is 0.392 e. The molecule has 0 saturated carbocycles. The van der Waals surface area contributed by atoms with Gasteiger partial charge in [-0.1, -0.05) is 11.6 Å². The second-order valence-electron chi connectivity index (χ2n) is 3.44. The molecule has 0 bridgehead atoms. The first-order valence-electron chi connectivity index (χ1n) is 4.94. The molecule has 0 radical (unpaired) electrons. The van der Waals surface area contributed by atoms with Gasteiger partial charge in [-0.25, -0.2) is 4.98 Å². The van der Waals surface area contributed by atoms with Crippen molar-refractivity contribution in [3.63, 3.8) is 0 Å². The molecular formula is C10H12ClF3N2O. The van der Waals surface area contributed by atoms with E-state index in [9.17, 15) is 13.2 Å². The molecule has 0 unspecified atom stereocenters. The van der Waals surface area contributed by atoms with Crippen molar-refractivity contribution in [1.29, 1.82) is 0 Å². The highest BCUT2D eigenvalue weighted by molar-refractivity contribution is 6.33. The van der Waals surface area contributed by atoms with Crippen LogP contribution in [0.1, 0.15) is 12.5 Å². The van der Waals surface area contributed by atoms with E-state index in [0.717, 1.165) is 4.90 Å². The molecule has 0 fully saturated rings. The summed E-state index contributed by atoms with van der Waals surface area (Å²) in [4.78, 5) is 4.87. The van der Waals surface area contributed by atoms with Gasteiger partial charge in [-0.3, -0.25) is 0 Å². The van der Waals surface area contributed by atoms with Crippen LogP contribution in [-0.4, -0.2) is 29.4 Å². The zero-order valence-electron chi connectivity index (χ0n) is 9.13. The van der Waals surface area contributed by atoms with Crippen LogP contribution in [0.15, 0.2) is 12.3 Å². The molecule has 1 aromatic heterocycles. The largest absolute Gasteiger partial charge is 0.405 e. The summed E-state index contributed by atoms with van der Waals surface area (Å²) in [5, 5.41) is 8.94. The van der Waals surface area contributed by atoms with Crippen LogP contribution < -0.4 is 4.90 Å². The van der Waals surface area contributed by atoms with E-state index in [1.165, 1.54) is 12.3 Å². The molecular weight excluding hydrogens is 257 g/mol. The number of hydrogen-bond donors (Lipinski definition) is 1. The highest BCUT2D eigenvalue weighted by Gasteiger charge is 2.31. The maximum Gasteiger partial charge on any atom is 0.405 e. The van der Waals surface area contributed by atoms with Crippen LogP contribution in [0.3, 0.4) is 0 Å². The lowest BCUT2D eigenvalue weighted by Gasteiger charge is -2.24. The highest BCUT2D eigenvalue weighted by atomic mass is 35.5. The lowest BCUT2D eigenvalue weighted by molar-refractivity contribution is -0.119. The summed E-state index contributed by atoms with van der Waals surface area (Å²) in [7, 11) is 0. The maximum atomic E-state index is 12.3. The number of nitrogens with zero attached hydrogens (tertiary/aromatic N) is 2. The molecule has 17 heavy (non-hydrogen) atoms. The summed E-state index contributed by atoms with van der Waals surface area (Å²) in [5.41, 5.74) is 0.460. The third kappa shape index (κ3) is 4.05. The molecule has 1 heterocycles. The third-order valence-electron chi connectivity index (χ3n) is 2.11. The van der Waals surface area contributed by atoms with Crippen molar-refractivity contribution in [3.8, 4) is 0 Å². The van der Waals surface area contributed by atoms with E-state index in [-0.39, 0.29) is 24.0 Å². The first kappa shape index (κ1) is 14.1. The second kappa shape index (κ2) is 5.55. The molecule has 1 aromatic rings. The number of anilines is 1. The Hall–Kier alpha value is -1.01. The molecule has 0 aliphatic heterocycles. The number of aromatic nitrogens is 1. The zero-order chi connectivity index (χ0) is 13.1. The van der Waals surface area contributed by atoms with Crippen molar-refractivity contribution >= 4 is 17.4 Å². The molecule has 3 nitrogen and oxygen atoms in total. The molecule has 1 N–H and O–H groups in total. The van der Waals surface area contributed by atoms with Crippen molar-refractivity contribution in [2.24, 2.45) is 0 Å². The van der Waals surface area contributed by atoms with Crippen LogP contribution >= 0.6 is 11.6 Å². The Labute approximate surface area is 102 Å². The van der Waals surface area contributed by atoms with Crippen molar-refractivity contribution in [3.05, 3.63) is 22.8 Å². The fraction of sp³-hybridized carbons (Fsp3) is 0.500. The third-order valence-corrected chi connectivity index (χ3v) is 2.39. The fourth-order valence-electron chi connectivity index (χ4n) is 1.34. The monoisotopic (exact) mass is 268 g/mol. The van der Waals surface area contributed by atoms with Crippen molar-refractivity contribution in [2.75, 3.05) is 18.0 Å². The topological polar surface area (TPSA) is 36.4 Å². The summed E-state index contributed by atoms with van der Waals surface area (Å²) in [5.74, 6) is 0.0729. The average molecular weight is 269 g/mol. The Morgan fingerprint density at radius 3 is 2.53 bits per heavy atom. The van der Waals surface area contributed by atoms with Gasteiger partial charge in [-0.2, -0.15) is 13.2 Å². The van der Waals surface area contributed by atoms with E-state index in [2.05, 4.69) is 4.98 Å². The number of aliphatic hydroxyl groups is 1. The molecule has 1 rings (SSSR count). The standard InChI is InChI=1S/C10H12ClF3N2O/c1-2-16(6-10(12,13)14)9-8(11)3-7(5-17)4-15-9/h3-4,17H,2,5-6H2,1H3. The minimum Gasteiger partial charge on any atom is -0.392 e. The van der Waals surface area contributed by atoms with Gasteiger partial charge in [0.1, 0.15) is 12.4 Å². The minimum atomic E-state index is -4.31. The quantitative estimate of drug-likeness (QED) is 0.912. The van der Waals surface area contributed by atoms with Crippen molar-refractivity contribution in [1.82, 2.24) is 4.98 Å². The summed E-state index contributed by atoms with van der Waals surface area (Å²) in [6.07, 6.45) is -3.00. The predicted octanol–water partition coefficient (Wildman–Crippen LogP) is 2.62. The molecule has 0 aliphatic rings. The highest BCUT2D eigenvalue weighted by Crippen LogP contribution is 2.27. The van der Waals surface area contributed by atoms with Crippen LogP contribution in [0.25, 0.3) is 0 Å². The summed E-state index contributed by atoms with van der Waals surface area (Å²) in [6.45, 7) is 0.376. The van der Waals surface area contributed by atoms with E-state index < -0.39 is 12.7 Å². The average Bonchev–Trinajstić information content (AvgIpc) is 2.24. The van der Waals surface area contributed by atoms with E-state index in [0.29, 0.717) is 5.56 Å². The van der Waals surface area contributed by atoms with Gasteiger partial charge in [0.15, 0.2) is 0 Å². The first-order chi connectivity index (χ1) is 7.87. The number of rotatable bonds is 4. The second-order valence-corrected chi connectivity index (χ2v) is 3.84. The Balaban J connectivity index is 2.96. The lowest BCUT2D eigenvalue weighted by atomic mass is 10.3. The number of aliphatic hydroxyl groups excluding tert-OH is 1. The van der Waals surface area contributed by atoms with Gasteiger partial charge in [0.2, 0.25) is 0 Å². The molecule has 0 saturated heterocycles. The molecule has 7 heteroatoms. The number of halogens is 4. The van der Waals surface area contributed by atoms with Gasteiger partial charge in [0.25, 0.3) is 0 Å². The maximum absolute atomic E-state index is 12.3. The van der Waals surface area contributed by atoms with Gasteiger partial charge in [-0.15, -0.1) is 0 Å². The number of pyridine rings is 1. The summed E-state index contributed by atoms with van der Waals surface area (Å²) < 4.78 is 36.9. The zero-order valence-corrected chi connectivity index (χ0v) is 9.89. The molecule has 0 spiro atoms. The SMILES string of the molecule is CCN(CC(F)(F)F)c1ncc(CO)cc1Cl. The molecule has 0 amide bonds. The van der Waals surface area contributed by atoms with Crippen LogP contribution in [0.4, 0.5) is 19.0 Å². The Bertz CT molecular complexity index is 384. The predicted molar refractivity (Wildman–Crippen MR) is 59.1 cm³/mol. The van der Waals surface area contributed by atoms with Gasteiger partial charge in [0, 0.05) is 12.7 Å². The first-order valence-corrected chi connectivity index (χ1v) is 5.32. The van der Waals surface area contributed by atoms with Crippen molar-refractivity contribution < 1.29 is 18.3 Å². The molecule has 0 atom stereocenters. The van der Waals surface area contributed by atoms with Crippen LogP contribution in [0.5, 0.6) is 0 Å². The Kier molecular flexibility index (Phi) is 4.59. The normalized spacial score (nSPS) is 11.6. The van der Waals surface area contributed by atoms with E-state index in [1.54, 1.807) is 6.92 Å². The van der Waals surface area contributed by atoms with Gasteiger partial charge < -0.3 is 10.0 Å². The molecule has 96 valence electrons. The Morgan fingerprint density at radius 2 is 2.12 bits per heavy atom. The fourth-order valence-corrected chi connectivity index (χ4v) is 1.65. The number of alkyl halides is 3. The molecule has 0 aliphatic carbocycles. The van der Waals surface area contributed by atoms with Crippen LogP contribution in [-0.2, 0) is 6.61 Å². The van der Waals surface area contributed by atoms with Crippen molar-refractivity contribution in [2.45, 2.75) is 19.7 Å². The van der Waals surface area contributed by atoms with Crippen LogP contribution in [0, 0.1) is 0 Å². The van der Waals surface area contributed by atoms with Crippen LogP contribution in [0.2, 0.25) is 5.02 Å². The van der Waals surface area contributed by atoms with Gasteiger partial charge in [-0.05, 0) is 18.6 Å². The van der Waals surface area contributed by atoms with E-state index in [1.807, 2.05) is 0 Å². The van der Waals surface area contributed by atoms with Gasteiger partial charge >= 0.3 is 6.18 Å². The molecule has 0 aromatic carbocycles. The van der Waals surface area contributed by atoms with E-state index >= 15 is 0 Å². The van der Waals surface area contributed by atoms with Gasteiger partial charge in [0.05, 0.1) is 11.6 Å². The van der Waals surface area contributed by atoms with E-state index in [4.69, 9.17) is 16.7 Å². The number of hydrogen-bond acceptors (Lipinski definition) is 3. The summed E-state index contributed by atoms with van der Waals surface area (Å²) >= 11 is 5.83. The minimum absolute atomic E-state index is 0.0729. The summed E-state index contributed by atoms with van der Waals surface area (Å²) in [6, 6.07) is 1.41. The lowest BCUT2D eigenvalue weighted by Crippen LogP contribution is -2.34. The Morgan fingerprint density at radius 1 is 1.47 bits per heavy atom.